The summed E-state index contributed by atoms with van der Waals surface area (Å²) in [5, 5.41) is 3.23. The van der Waals surface area contributed by atoms with Crippen LogP contribution in [-0.2, 0) is 0 Å². The van der Waals surface area contributed by atoms with Crippen LogP contribution in [0.2, 0.25) is 0 Å². The van der Waals surface area contributed by atoms with Gasteiger partial charge in [0.15, 0.2) is 17.5 Å². The van der Waals surface area contributed by atoms with E-state index in [9.17, 15) is 0 Å². The molecule has 7 rings (SSSR count). The lowest BCUT2D eigenvalue weighted by Crippen LogP contribution is -2.00. The topological polar surface area (TPSA) is 103 Å². The van der Waals surface area contributed by atoms with Gasteiger partial charge >= 0.3 is 0 Å². The van der Waals surface area contributed by atoms with Crippen LogP contribution in [-0.4, -0.2) is 22.0 Å². The van der Waals surface area contributed by atoms with E-state index in [1.165, 1.54) is 0 Å². The standard InChI is InChI=1S/C40H32N6/c1-43-37-19-7-13-31(25-37)28-10-4-16-34(22-28)40-45-38(32-14-2-8-26(20-32)29-11-5-17-35(41)23-29)44-39(46-40)33-15-3-9-27(21-33)30-12-6-18-36(42)24-30/h2-25,43H,41-42H2,1H3. The molecule has 0 amide bonds. The number of hydrogen-bond donors (Lipinski definition) is 3. The van der Waals surface area contributed by atoms with Crippen LogP contribution in [0.5, 0.6) is 0 Å². The van der Waals surface area contributed by atoms with E-state index in [0.717, 1.165) is 55.8 Å². The molecule has 46 heavy (non-hydrogen) atoms. The van der Waals surface area contributed by atoms with E-state index < -0.39 is 0 Å². The first-order valence-electron chi connectivity index (χ1n) is 15.1. The number of nitrogens with two attached hydrogens (primary N) is 2. The van der Waals surface area contributed by atoms with E-state index in [-0.39, 0.29) is 0 Å². The van der Waals surface area contributed by atoms with Crippen LogP contribution in [0, 0.1) is 0 Å². The van der Waals surface area contributed by atoms with Gasteiger partial charge in [0.2, 0.25) is 0 Å². The molecular weight excluding hydrogens is 564 g/mol. The van der Waals surface area contributed by atoms with Gasteiger partial charge in [-0.1, -0.05) is 91.0 Å². The Morgan fingerprint density at radius 2 is 0.674 bits per heavy atom. The molecule has 6 heteroatoms. The summed E-state index contributed by atoms with van der Waals surface area (Å²) in [5.41, 5.74) is 23.7. The summed E-state index contributed by atoms with van der Waals surface area (Å²) < 4.78 is 0. The quantitative estimate of drug-likeness (QED) is 0.159. The summed E-state index contributed by atoms with van der Waals surface area (Å²) in [6, 6.07) is 48.8. The highest BCUT2D eigenvalue weighted by molar-refractivity contribution is 5.77. The molecule has 222 valence electrons. The van der Waals surface area contributed by atoms with Crippen molar-refractivity contribution in [1.29, 1.82) is 0 Å². The van der Waals surface area contributed by atoms with E-state index in [1.54, 1.807) is 0 Å². The minimum atomic E-state index is 0.586. The van der Waals surface area contributed by atoms with E-state index in [4.69, 9.17) is 26.4 Å². The number of benzene rings is 6. The number of hydrogen-bond acceptors (Lipinski definition) is 6. The van der Waals surface area contributed by atoms with Gasteiger partial charge in [0.05, 0.1) is 0 Å². The Hall–Kier alpha value is -6.27. The summed E-state index contributed by atoms with van der Waals surface area (Å²) in [6.07, 6.45) is 0. The molecular formula is C40H32N6. The smallest absolute Gasteiger partial charge is 0.164 e. The van der Waals surface area contributed by atoms with E-state index >= 15 is 0 Å². The summed E-state index contributed by atoms with van der Waals surface area (Å²) in [7, 11) is 1.92. The third-order valence-electron chi connectivity index (χ3n) is 7.92. The molecule has 1 heterocycles. The molecule has 7 aromatic rings. The largest absolute Gasteiger partial charge is 0.399 e. The molecule has 0 bridgehead atoms. The van der Waals surface area contributed by atoms with Gasteiger partial charge in [-0.2, -0.15) is 0 Å². The fraction of sp³-hybridized carbons (Fsp3) is 0.0250. The van der Waals surface area contributed by atoms with Crippen LogP contribution in [0.4, 0.5) is 17.1 Å². The maximum atomic E-state index is 6.10. The molecule has 0 atom stereocenters. The molecule has 6 nitrogen and oxygen atoms in total. The minimum Gasteiger partial charge on any atom is -0.399 e. The van der Waals surface area contributed by atoms with E-state index in [2.05, 4.69) is 66.0 Å². The van der Waals surface area contributed by atoms with Crippen LogP contribution in [0.15, 0.2) is 146 Å². The van der Waals surface area contributed by atoms with Crippen molar-refractivity contribution < 1.29 is 0 Å². The molecule has 0 aliphatic carbocycles. The lowest BCUT2D eigenvalue weighted by atomic mass is 10.0. The van der Waals surface area contributed by atoms with Crippen molar-refractivity contribution in [3.63, 3.8) is 0 Å². The molecule has 5 N–H and O–H groups in total. The van der Waals surface area contributed by atoms with E-state index in [0.29, 0.717) is 28.8 Å². The zero-order valence-corrected chi connectivity index (χ0v) is 25.4. The number of rotatable bonds is 7. The second-order valence-electron chi connectivity index (χ2n) is 11.1. The number of nitrogens with zero attached hydrogens (tertiary/aromatic N) is 3. The van der Waals surface area contributed by atoms with Crippen molar-refractivity contribution in [2.45, 2.75) is 0 Å². The summed E-state index contributed by atoms with van der Waals surface area (Å²) in [5.74, 6) is 1.76. The molecule has 0 saturated heterocycles. The van der Waals surface area contributed by atoms with Crippen LogP contribution in [0.3, 0.4) is 0 Å². The Morgan fingerprint density at radius 1 is 0.370 bits per heavy atom. The van der Waals surface area contributed by atoms with Crippen molar-refractivity contribution in [3.05, 3.63) is 146 Å². The molecule has 0 saturated carbocycles. The van der Waals surface area contributed by atoms with Gasteiger partial charge in [-0.3, -0.25) is 0 Å². The number of nitrogens with one attached hydrogen (secondary N) is 1. The van der Waals surface area contributed by atoms with Crippen LogP contribution >= 0.6 is 0 Å². The van der Waals surface area contributed by atoms with Gasteiger partial charge in [0, 0.05) is 40.8 Å². The van der Waals surface area contributed by atoms with Crippen molar-refractivity contribution in [3.8, 4) is 67.5 Å². The van der Waals surface area contributed by atoms with Gasteiger partial charge in [-0.15, -0.1) is 0 Å². The average molecular weight is 597 g/mol. The molecule has 1 aromatic heterocycles. The van der Waals surface area contributed by atoms with Crippen LogP contribution in [0.25, 0.3) is 67.5 Å². The van der Waals surface area contributed by atoms with Crippen LogP contribution in [0.1, 0.15) is 0 Å². The third kappa shape index (κ3) is 6.05. The summed E-state index contributed by atoms with van der Waals surface area (Å²) in [6.45, 7) is 0. The Labute approximate surface area is 268 Å². The second kappa shape index (κ2) is 12.4. The first kappa shape index (κ1) is 28.5. The summed E-state index contributed by atoms with van der Waals surface area (Å²) in [4.78, 5) is 15.1. The maximum absolute atomic E-state index is 6.10. The average Bonchev–Trinajstić information content (AvgIpc) is 3.11. The van der Waals surface area contributed by atoms with Gasteiger partial charge < -0.3 is 16.8 Å². The van der Waals surface area contributed by atoms with Crippen molar-refractivity contribution in [2.75, 3.05) is 23.8 Å². The monoisotopic (exact) mass is 596 g/mol. The Balaban J connectivity index is 1.37. The molecule has 0 aliphatic rings. The summed E-state index contributed by atoms with van der Waals surface area (Å²) >= 11 is 0. The normalized spacial score (nSPS) is 10.9. The molecule has 0 unspecified atom stereocenters. The number of nitrogen functional groups attached to an aromatic ring is 2. The van der Waals surface area contributed by atoms with Gasteiger partial charge in [0.25, 0.3) is 0 Å². The second-order valence-corrected chi connectivity index (χ2v) is 11.1. The zero-order valence-electron chi connectivity index (χ0n) is 25.4. The SMILES string of the molecule is CNc1cccc(-c2cccc(-c3nc(-c4cccc(-c5cccc(N)c5)c4)nc(-c4cccc(-c5cccc(N)c5)c4)n3)c2)c1. The van der Waals surface area contributed by atoms with Crippen molar-refractivity contribution in [1.82, 2.24) is 15.0 Å². The van der Waals surface area contributed by atoms with Gasteiger partial charge in [0.1, 0.15) is 0 Å². The number of anilines is 3. The lowest BCUT2D eigenvalue weighted by molar-refractivity contribution is 1.07. The number of aromatic nitrogens is 3. The van der Waals surface area contributed by atoms with Crippen LogP contribution < -0.4 is 16.8 Å². The fourth-order valence-electron chi connectivity index (χ4n) is 5.57. The predicted molar refractivity (Wildman–Crippen MR) is 191 cm³/mol. The maximum Gasteiger partial charge on any atom is 0.164 e. The Bertz CT molecular complexity index is 2080. The zero-order chi connectivity index (χ0) is 31.5. The Morgan fingerprint density at radius 3 is 1.04 bits per heavy atom. The molecule has 0 fully saturated rings. The highest BCUT2D eigenvalue weighted by Gasteiger charge is 2.15. The molecule has 0 aliphatic heterocycles. The van der Waals surface area contributed by atoms with Gasteiger partial charge in [-0.25, -0.2) is 15.0 Å². The lowest BCUT2D eigenvalue weighted by Gasteiger charge is -2.12. The first-order valence-corrected chi connectivity index (χ1v) is 15.1. The predicted octanol–water partition coefficient (Wildman–Crippen LogP) is 9.08. The highest BCUT2D eigenvalue weighted by atomic mass is 15.0. The van der Waals surface area contributed by atoms with Crippen molar-refractivity contribution >= 4 is 17.1 Å². The molecule has 6 aromatic carbocycles. The van der Waals surface area contributed by atoms with Crippen molar-refractivity contribution in [2.24, 2.45) is 0 Å². The minimum absolute atomic E-state index is 0.586. The van der Waals surface area contributed by atoms with Gasteiger partial charge in [-0.05, 0) is 88.0 Å². The fourth-order valence-corrected chi connectivity index (χ4v) is 5.57. The first-order chi connectivity index (χ1) is 22.5. The third-order valence-corrected chi connectivity index (χ3v) is 7.92. The molecule has 0 radical (unpaired) electrons. The van der Waals surface area contributed by atoms with E-state index in [1.807, 2.05) is 92.0 Å². The highest BCUT2D eigenvalue weighted by Crippen LogP contribution is 2.32. The molecule has 0 spiro atoms. The Kier molecular flexibility index (Phi) is 7.67.